The highest BCUT2D eigenvalue weighted by atomic mass is 16.2. The Morgan fingerprint density at radius 2 is 1.39 bits per heavy atom. The molecule has 3 atom stereocenters. The molecule has 2 fully saturated rings. The standard InChI is InChI=1S/C9H17NO.C8H15NO.C2H4/c1-6(2)10-8(4)5-7(3)9(10)11;1-6(2)9-7(3)4-5-8(9)10;1-2/h6-8H,5H2,1-4H3;6-7H,4-5H2,1-3H3;1-2H2/t7-,8+;7-;/m11./s1. The van der Waals surface area contributed by atoms with E-state index in [1.807, 2.05) is 16.7 Å². The molecule has 0 spiro atoms. The molecular weight excluding hydrogens is 288 g/mol. The van der Waals surface area contributed by atoms with Crippen LogP contribution in [0, 0.1) is 5.92 Å². The molecule has 2 aliphatic rings. The van der Waals surface area contributed by atoms with E-state index in [-0.39, 0.29) is 5.92 Å². The summed E-state index contributed by atoms with van der Waals surface area (Å²) in [6.07, 6.45) is 2.81. The van der Waals surface area contributed by atoms with Gasteiger partial charge in [-0.15, -0.1) is 13.2 Å². The first-order valence-electron chi connectivity index (χ1n) is 8.80. The molecule has 4 heteroatoms. The van der Waals surface area contributed by atoms with E-state index in [2.05, 4.69) is 54.7 Å². The summed E-state index contributed by atoms with van der Waals surface area (Å²) in [5.74, 6) is 0.891. The van der Waals surface area contributed by atoms with E-state index < -0.39 is 0 Å². The molecule has 0 unspecified atom stereocenters. The van der Waals surface area contributed by atoms with Gasteiger partial charge in [0.15, 0.2) is 0 Å². The van der Waals surface area contributed by atoms with Crippen LogP contribution < -0.4 is 0 Å². The van der Waals surface area contributed by atoms with Crippen LogP contribution in [0.3, 0.4) is 0 Å². The zero-order chi connectivity index (χ0) is 18.3. The van der Waals surface area contributed by atoms with Crippen LogP contribution in [-0.4, -0.2) is 45.8 Å². The average molecular weight is 325 g/mol. The smallest absolute Gasteiger partial charge is 0.225 e. The monoisotopic (exact) mass is 324 g/mol. The second-order valence-corrected chi connectivity index (χ2v) is 7.11. The van der Waals surface area contributed by atoms with Gasteiger partial charge in [0.25, 0.3) is 0 Å². The molecule has 0 saturated carbocycles. The third-order valence-electron chi connectivity index (χ3n) is 4.50. The number of carbonyl (C=O) groups excluding carboxylic acids is 2. The van der Waals surface area contributed by atoms with Gasteiger partial charge in [0.2, 0.25) is 11.8 Å². The number of rotatable bonds is 2. The summed E-state index contributed by atoms with van der Waals surface area (Å²) in [5, 5.41) is 0. The molecule has 2 amide bonds. The first kappa shape index (κ1) is 21.7. The van der Waals surface area contributed by atoms with E-state index in [4.69, 9.17) is 0 Å². The molecule has 0 aromatic carbocycles. The van der Waals surface area contributed by atoms with E-state index >= 15 is 0 Å². The molecule has 0 aliphatic carbocycles. The molecule has 0 aromatic rings. The first-order valence-corrected chi connectivity index (χ1v) is 8.80. The molecule has 0 radical (unpaired) electrons. The Kier molecular flexibility index (Phi) is 9.18. The van der Waals surface area contributed by atoms with E-state index in [1.165, 1.54) is 0 Å². The van der Waals surface area contributed by atoms with Crippen LogP contribution in [0.25, 0.3) is 0 Å². The number of hydrogen-bond donors (Lipinski definition) is 0. The average Bonchev–Trinajstić information content (AvgIpc) is 2.92. The summed E-state index contributed by atoms with van der Waals surface area (Å²) in [6.45, 7) is 20.5. The van der Waals surface area contributed by atoms with E-state index in [0.717, 1.165) is 19.3 Å². The molecule has 2 heterocycles. The Morgan fingerprint density at radius 3 is 1.57 bits per heavy atom. The number of hydrogen-bond acceptors (Lipinski definition) is 2. The van der Waals surface area contributed by atoms with E-state index in [0.29, 0.717) is 36.0 Å². The second-order valence-electron chi connectivity index (χ2n) is 7.11. The SMILES string of the molecule is C=C.CC(C)N1C(=O)CC[C@H]1C.CC(C)N1C(=O)[C@H](C)C[C@@H]1C. The second kappa shape index (κ2) is 9.74. The Bertz CT molecular complexity index is 393. The fourth-order valence-electron chi connectivity index (χ4n) is 3.60. The summed E-state index contributed by atoms with van der Waals surface area (Å²) in [7, 11) is 0. The maximum Gasteiger partial charge on any atom is 0.225 e. The van der Waals surface area contributed by atoms with Crippen molar-refractivity contribution in [2.45, 2.75) is 91.9 Å². The third-order valence-corrected chi connectivity index (χ3v) is 4.50. The Balaban J connectivity index is 0.000000381. The van der Waals surface area contributed by atoms with Gasteiger partial charge in [-0.1, -0.05) is 6.92 Å². The van der Waals surface area contributed by atoms with Crippen LogP contribution in [0.2, 0.25) is 0 Å². The molecule has 134 valence electrons. The molecule has 2 aliphatic heterocycles. The lowest BCUT2D eigenvalue weighted by molar-refractivity contribution is -0.133. The molecule has 0 bridgehead atoms. The van der Waals surface area contributed by atoms with Crippen LogP contribution in [0.5, 0.6) is 0 Å². The molecule has 2 saturated heterocycles. The lowest BCUT2D eigenvalue weighted by Crippen LogP contribution is -2.37. The molecular formula is C19H36N2O2. The predicted octanol–water partition coefficient (Wildman–Crippen LogP) is 3.86. The minimum atomic E-state index is 0.243. The van der Waals surface area contributed by atoms with Crippen molar-refractivity contribution in [3.05, 3.63) is 13.2 Å². The van der Waals surface area contributed by atoms with E-state index in [9.17, 15) is 9.59 Å². The third kappa shape index (κ3) is 5.67. The number of amides is 2. The van der Waals surface area contributed by atoms with Gasteiger partial charge < -0.3 is 9.80 Å². The fraction of sp³-hybridized carbons (Fsp3) is 0.789. The van der Waals surface area contributed by atoms with Crippen molar-refractivity contribution in [2.24, 2.45) is 5.92 Å². The highest BCUT2D eigenvalue weighted by molar-refractivity contribution is 5.81. The number of likely N-dealkylation sites (tertiary alicyclic amines) is 2. The van der Waals surface area contributed by atoms with Gasteiger partial charge >= 0.3 is 0 Å². The molecule has 4 nitrogen and oxygen atoms in total. The van der Waals surface area contributed by atoms with Gasteiger partial charge in [0, 0.05) is 36.5 Å². The quantitative estimate of drug-likeness (QED) is 0.724. The topological polar surface area (TPSA) is 40.6 Å². The zero-order valence-electron chi connectivity index (χ0n) is 16.1. The Labute approximate surface area is 142 Å². The minimum Gasteiger partial charge on any atom is -0.338 e. The lowest BCUT2D eigenvalue weighted by atomic mass is 10.1. The first-order chi connectivity index (χ1) is 10.7. The van der Waals surface area contributed by atoms with Crippen molar-refractivity contribution in [1.82, 2.24) is 9.80 Å². The normalized spacial score (nSPS) is 27.1. The summed E-state index contributed by atoms with van der Waals surface area (Å²) in [4.78, 5) is 26.6. The summed E-state index contributed by atoms with van der Waals surface area (Å²) in [5.41, 5.74) is 0. The van der Waals surface area contributed by atoms with Gasteiger partial charge in [0.1, 0.15) is 0 Å². The number of carbonyl (C=O) groups is 2. The van der Waals surface area contributed by atoms with Crippen molar-refractivity contribution in [3.8, 4) is 0 Å². The molecule has 0 N–H and O–H groups in total. The van der Waals surface area contributed by atoms with Crippen molar-refractivity contribution >= 4 is 11.8 Å². The van der Waals surface area contributed by atoms with Gasteiger partial charge in [-0.2, -0.15) is 0 Å². The van der Waals surface area contributed by atoms with E-state index in [1.54, 1.807) is 0 Å². The number of nitrogens with zero attached hydrogens (tertiary/aromatic N) is 2. The van der Waals surface area contributed by atoms with Crippen molar-refractivity contribution in [3.63, 3.8) is 0 Å². The van der Waals surface area contributed by atoms with Crippen LogP contribution in [0.4, 0.5) is 0 Å². The predicted molar refractivity (Wildman–Crippen MR) is 97.2 cm³/mol. The maximum atomic E-state index is 11.5. The van der Waals surface area contributed by atoms with Crippen molar-refractivity contribution in [2.75, 3.05) is 0 Å². The van der Waals surface area contributed by atoms with Crippen molar-refractivity contribution in [1.29, 1.82) is 0 Å². The van der Waals surface area contributed by atoms with Gasteiger partial charge in [0.05, 0.1) is 0 Å². The fourth-order valence-corrected chi connectivity index (χ4v) is 3.60. The van der Waals surface area contributed by atoms with Gasteiger partial charge in [-0.3, -0.25) is 9.59 Å². The largest absolute Gasteiger partial charge is 0.338 e. The summed E-state index contributed by atoms with van der Waals surface area (Å²) in [6, 6.07) is 1.65. The minimum absolute atomic E-state index is 0.243. The molecule has 2 rings (SSSR count). The van der Waals surface area contributed by atoms with Crippen LogP contribution in [0.1, 0.15) is 67.7 Å². The molecule has 0 aromatic heterocycles. The lowest BCUT2D eigenvalue weighted by Gasteiger charge is -2.25. The van der Waals surface area contributed by atoms with Crippen LogP contribution in [-0.2, 0) is 9.59 Å². The van der Waals surface area contributed by atoms with Gasteiger partial charge in [-0.05, 0) is 54.4 Å². The van der Waals surface area contributed by atoms with Crippen molar-refractivity contribution < 1.29 is 9.59 Å². The zero-order valence-corrected chi connectivity index (χ0v) is 16.1. The Morgan fingerprint density at radius 1 is 0.913 bits per heavy atom. The molecule has 23 heavy (non-hydrogen) atoms. The Hall–Kier alpha value is -1.32. The maximum absolute atomic E-state index is 11.5. The summed E-state index contributed by atoms with van der Waals surface area (Å²) >= 11 is 0. The van der Waals surface area contributed by atoms with Crippen LogP contribution >= 0.6 is 0 Å². The van der Waals surface area contributed by atoms with Gasteiger partial charge in [-0.25, -0.2) is 0 Å². The summed E-state index contributed by atoms with van der Waals surface area (Å²) < 4.78 is 0. The highest BCUT2D eigenvalue weighted by Gasteiger charge is 2.35. The van der Waals surface area contributed by atoms with Crippen LogP contribution in [0.15, 0.2) is 13.2 Å². The highest BCUT2D eigenvalue weighted by Crippen LogP contribution is 2.25.